The fourth-order valence-electron chi connectivity index (χ4n) is 1.14. The smallest absolute Gasteiger partial charge is 0.320 e. The van der Waals surface area contributed by atoms with Crippen LogP contribution in [0.1, 0.15) is 5.56 Å². The standard InChI is InChI=1S/C10H12FNO2S/c1-15-7-3-2-6(8(11)5-7)4-9(12)10(13)14/h2-3,5,9H,4,12H2,1H3,(H,13,14). The van der Waals surface area contributed by atoms with Crippen molar-refractivity contribution in [1.29, 1.82) is 0 Å². The second-order valence-corrected chi connectivity index (χ2v) is 3.99. The molecule has 0 saturated carbocycles. The summed E-state index contributed by atoms with van der Waals surface area (Å²) in [5.74, 6) is -1.53. The minimum absolute atomic E-state index is 0.00975. The molecule has 1 atom stereocenters. The van der Waals surface area contributed by atoms with Crippen molar-refractivity contribution in [3.63, 3.8) is 0 Å². The largest absolute Gasteiger partial charge is 0.480 e. The Morgan fingerprint density at radius 2 is 2.33 bits per heavy atom. The van der Waals surface area contributed by atoms with Crippen LogP contribution < -0.4 is 5.73 Å². The number of halogens is 1. The zero-order valence-electron chi connectivity index (χ0n) is 8.24. The molecule has 3 nitrogen and oxygen atoms in total. The molecule has 0 aliphatic carbocycles. The van der Waals surface area contributed by atoms with Gasteiger partial charge in [-0.25, -0.2) is 4.39 Å². The number of nitrogens with two attached hydrogens (primary N) is 1. The van der Waals surface area contributed by atoms with Crippen LogP contribution in [0.2, 0.25) is 0 Å². The van der Waals surface area contributed by atoms with E-state index in [0.29, 0.717) is 5.56 Å². The molecule has 3 N–H and O–H groups in total. The highest BCUT2D eigenvalue weighted by Gasteiger charge is 2.14. The van der Waals surface area contributed by atoms with E-state index in [4.69, 9.17) is 10.8 Å². The maximum absolute atomic E-state index is 13.4. The van der Waals surface area contributed by atoms with Gasteiger partial charge in [-0.2, -0.15) is 0 Å². The molecule has 15 heavy (non-hydrogen) atoms. The van der Waals surface area contributed by atoms with E-state index in [0.717, 1.165) is 4.90 Å². The molecular formula is C10H12FNO2S. The molecule has 1 rings (SSSR count). The predicted molar refractivity (Wildman–Crippen MR) is 57.5 cm³/mol. The number of carboxylic acid groups (broad SMARTS) is 1. The molecule has 0 bridgehead atoms. The summed E-state index contributed by atoms with van der Waals surface area (Å²) in [6.07, 6.45) is 1.85. The van der Waals surface area contributed by atoms with Gasteiger partial charge in [-0.05, 0) is 24.0 Å². The molecule has 0 heterocycles. The monoisotopic (exact) mass is 229 g/mol. The van der Waals surface area contributed by atoms with E-state index in [2.05, 4.69) is 0 Å². The van der Waals surface area contributed by atoms with E-state index in [1.54, 1.807) is 12.1 Å². The number of hydrogen-bond acceptors (Lipinski definition) is 3. The van der Waals surface area contributed by atoms with Gasteiger partial charge >= 0.3 is 5.97 Å². The first kappa shape index (κ1) is 12.0. The summed E-state index contributed by atoms with van der Waals surface area (Å²) in [6, 6.07) is 3.65. The quantitative estimate of drug-likeness (QED) is 0.768. The third-order valence-corrected chi connectivity index (χ3v) is 2.74. The van der Waals surface area contributed by atoms with Gasteiger partial charge in [0.15, 0.2) is 0 Å². The fourth-order valence-corrected chi connectivity index (χ4v) is 1.57. The molecule has 0 fully saturated rings. The Bertz CT molecular complexity index is 370. The lowest BCUT2D eigenvalue weighted by Gasteiger charge is -2.08. The number of carbonyl (C=O) groups is 1. The Labute approximate surface area is 91.5 Å². The molecule has 1 aromatic carbocycles. The lowest BCUT2D eigenvalue weighted by molar-refractivity contribution is -0.138. The molecule has 1 unspecified atom stereocenters. The number of rotatable bonds is 4. The zero-order valence-corrected chi connectivity index (χ0v) is 9.05. The molecule has 0 aliphatic rings. The Balaban J connectivity index is 2.82. The summed E-state index contributed by atoms with van der Waals surface area (Å²) in [7, 11) is 0. The van der Waals surface area contributed by atoms with Gasteiger partial charge in [0, 0.05) is 11.3 Å². The van der Waals surface area contributed by atoms with Gasteiger partial charge in [0.1, 0.15) is 11.9 Å². The van der Waals surface area contributed by atoms with Crippen LogP contribution in [0.3, 0.4) is 0 Å². The van der Waals surface area contributed by atoms with E-state index < -0.39 is 17.8 Å². The molecule has 0 aliphatic heterocycles. The van der Waals surface area contributed by atoms with Crippen molar-refractivity contribution < 1.29 is 14.3 Å². The van der Waals surface area contributed by atoms with Crippen LogP contribution in [0.5, 0.6) is 0 Å². The zero-order chi connectivity index (χ0) is 11.4. The third-order valence-electron chi connectivity index (χ3n) is 2.02. The van der Waals surface area contributed by atoms with Crippen LogP contribution in [-0.2, 0) is 11.2 Å². The number of carboxylic acids is 1. The van der Waals surface area contributed by atoms with Crippen LogP contribution in [0.15, 0.2) is 23.1 Å². The van der Waals surface area contributed by atoms with Crippen LogP contribution in [0.4, 0.5) is 4.39 Å². The predicted octanol–water partition coefficient (Wildman–Crippen LogP) is 1.50. The van der Waals surface area contributed by atoms with Gasteiger partial charge in [0.05, 0.1) is 0 Å². The Kier molecular flexibility index (Phi) is 4.11. The van der Waals surface area contributed by atoms with Gasteiger partial charge < -0.3 is 10.8 Å². The van der Waals surface area contributed by atoms with Gasteiger partial charge in [-0.15, -0.1) is 11.8 Å². The first-order valence-electron chi connectivity index (χ1n) is 4.35. The van der Waals surface area contributed by atoms with E-state index >= 15 is 0 Å². The summed E-state index contributed by atoms with van der Waals surface area (Å²) in [5, 5.41) is 8.58. The first-order valence-corrected chi connectivity index (χ1v) is 5.58. The van der Waals surface area contributed by atoms with Gasteiger partial charge in [-0.3, -0.25) is 4.79 Å². The van der Waals surface area contributed by atoms with Crippen molar-refractivity contribution in [3.05, 3.63) is 29.6 Å². The normalized spacial score (nSPS) is 12.5. The SMILES string of the molecule is CSc1ccc(CC(N)C(=O)O)c(F)c1. The van der Waals surface area contributed by atoms with Crippen molar-refractivity contribution >= 4 is 17.7 Å². The molecule has 0 spiro atoms. The average Bonchev–Trinajstić information content (AvgIpc) is 2.20. The van der Waals surface area contributed by atoms with Crippen molar-refractivity contribution in [2.24, 2.45) is 5.73 Å². The number of hydrogen-bond donors (Lipinski definition) is 2. The second-order valence-electron chi connectivity index (χ2n) is 3.11. The van der Waals surface area contributed by atoms with Crippen LogP contribution in [-0.4, -0.2) is 23.4 Å². The van der Waals surface area contributed by atoms with Crippen molar-refractivity contribution in [2.75, 3.05) is 6.26 Å². The minimum atomic E-state index is -1.12. The summed E-state index contributed by atoms with van der Waals surface area (Å²) in [4.78, 5) is 11.3. The van der Waals surface area contributed by atoms with Gasteiger partial charge in [0.25, 0.3) is 0 Å². The molecule has 1 aromatic rings. The summed E-state index contributed by atoms with van der Waals surface area (Å²) < 4.78 is 13.4. The van der Waals surface area contributed by atoms with E-state index in [1.807, 2.05) is 6.26 Å². The van der Waals surface area contributed by atoms with E-state index in [1.165, 1.54) is 17.8 Å². The molecule has 0 aromatic heterocycles. The first-order chi connectivity index (χ1) is 7.04. The Hall–Kier alpha value is -1.07. The number of aliphatic carboxylic acids is 1. The highest BCUT2D eigenvalue weighted by Crippen LogP contribution is 2.19. The van der Waals surface area contributed by atoms with Crippen molar-refractivity contribution in [2.45, 2.75) is 17.4 Å². The van der Waals surface area contributed by atoms with E-state index in [-0.39, 0.29) is 6.42 Å². The average molecular weight is 229 g/mol. The lowest BCUT2D eigenvalue weighted by Crippen LogP contribution is -2.32. The Morgan fingerprint density at radius 3 is 2.80 bits per heavy atom. The van der Waals surface area contributed by atoms with E-state index in [9.17, 15) is 9.18 Å². The second kappa shape index (κ2) is 5.14. The molecular weight excluding hydrogens is 217 g/mol. The summed E-state index contributed by atoms with van der Waals surface area (Å²) in [5.41, 5.74) is 5.65. The number of benzene rings is 1. The van der Waals surface area contributed by atoms with Crippen molar-refractivity contribution in [3.8, 4) is 0 Å². The highest BCUT2D eigenvalue weighted by molar-refractivity contribution is 7.98. The van der Waals surface area contributed by atoms with Crippen molar-refractivity contribution in [1.82, 2.24) is 0 Å². The molecule has 82 valence electrons. The minimum Gasteiger partial charge on any atom is -0.480 e. The van der Waals surface area contributed by atoms with Gasteiger partial charge in [0.2, 0.25) is 0 Å². The summed E-state index contributed by atoms with van der Waals surface area (Å²) in [6.45, 7) is 0. The third kappa shape index (κ3) is 3.21. The topological polar surface area (TPSA) is 63.3 Å². The molecule has 5 heteroatoms. The molecule has 0 amide bonds. The maximum atomic E-state index is 13.4. The fraction of sp³-hybridized carbons (Fsp3) is 0.300. The van der Waals surface area contributed by atoms with Crippen LogP contribution in [0.25, 0.3) is 0 Å². The lowest BCUT2D eigenvalue weighted by atomic mass is 10.1. The highest BCUT2D eigenvalue weighted by atomic mass is 32.2. The van der Waals surface area contributed by atoms with Crippen LogP contribution >= 0.6 is 11.8 Å². The molecule has 0 radical (unpaired) electrons. The number of thioether (sulfide) groups is 1. The molecule has 0 saturated heterocycles. The Morgan fingerprint density at radius 1 is 1.67 bits per heavy atom. The summed E-state index contributed by atoms with van der Waals surface area (Å²) >= 11 is 1.43. The maximum Gasteiger partial charge on any atom is 0.320 e. The van der Waals surface area contributed by atoms with Gasteiger partial charge in [-0.1, -0.05) is 6.07 Å². The van der Waals surface area contributed by atoms with Crippen LogP contribution in [0, 0.1) is 5.82 Å².